The Bertz CT molecular complexity index is 738. The fraction of sp³-hybridized carbons (Fsp3) is 0.389. The SMILES string of the molecule is O=C(COc1ccc(F)cc1)NCCNc1cc(N2CCOCC2)ncn1. The summed E-state index contributed by atoms with van der Waals surface area (Å²) in [5, 5.41) is 5.89. The number of rotatable bonds is 8. The minimum absolute atomic E-state index is 0.125. The molecule has 1 aromatic heterocycles. The molecule has 2 N–H and O–H groups in total. The molecule has 1 aliphatic heterocycles. The first kappa shape index (κ1) is 18.8. The maximum Gasteiger partial charge on any atom is 0.258 e. The second-order valence-electron chi connectivity index (χ2n) is 5.88. The summed E-state index contributed by atoms with van der Waals surface area (Å²) >= 11 is 0. The van der Waals surface area contributed by atoms with E-state index in [9.17, 15) is 9.18 Å². The topological polar surface area (TPSA) is 88.6 Å². The summed E-state index contributed by atoms with van der Waals surface area (Å²) in [7, 11) is 0. The molecule has 0 unspecified atom stereocenters. The molecule has 3 rings (SSSR count). The zero-order chi connectivity index (χ0) is 18.9. The van der Waals surface area contributed by atoms with Crippen molar-refractivity contribution < 1.29 is 18.7 Å². The first-order valence-electron chi connectivity index (χ1n) is 8.74. The van der Waals surface area contributed by atoms with Gasteiger partial charge in [-0.1, -0.05) is 0 Å². The smallest absolute Gasteiger partial charge is 0.258 e. The number of nitrogens with one attached hydrogen (secondary N) is 2. The monoisotopic (exact) mass is 375 g/mol. The van der Waals surface area contributed by atoms with E-state index < -0.39 is 0 Å². The fourth-order valence-corrected chi connectivity index (χ4v) is 2.53. The van der Waals surface area contributed by atoms with Crippen LogP contribution in [0.2, 0.25) is 0 Å². The molecule has 1 aliphatic rings. The predicted molar refractivity (Wildman–Crippen MR) is 98.5 cm³/mol. The van der Waals surface area contributed by atoms with Crippen LogP contribution < -0.4 is 20.3 Å². The zero-order valence-electron chi connectivity index (χ0n) is 14.9. The van der Waals surface area contributed by atoms with Gasteiger partial charge in [0.25, 0.3) is 5.91 Å². The van der Waals surface area contributed by atoms with Crippen LogP contribution in [0.5, 0.6) is 5.75 Å². The molecule has 0 radical (unpaired) electrons. The van der Waals surface area contributed by atoms with Crippen LogP contribution in [0.4, 0.5) is 16.0 Å². The molecule has 0 saturated carbocycles. The lowest BCUT2D eigenvalue weighted by Crippen LogP contribution is -2.36. The fourth-order valence-electron chi connectivity index (χ4n) is 2.53. The van der Waals surface area contributed by atoms with E-state index in [1.807, 2.05) is 6.07 Å². The molecule has 8 nitrogen and oxygen atoms in total. The van der Waals surface area contributed by atoms with E-state index in [1.165, 1.54) is 30.6 Å². The van der Waals surface area contributed by atoms with Crippen molar-refractivity contribution >= 4 is 17.5 Å². The first-order chi connectivity index (χ1) is 13.2. The van der Waals surface area contributed by atoms with Gasteiger partial charge in [-0.15, -0.1) is 0 Å². The number of amides is 1. The number of carbonyl (C=O) groups is 1. The van der Waals surface area contributed by atoms with Crippen LogP contribution >= 0.6 is 0 Å². The molecule has 27 heavy (non-hydrogen) atoms. The Morgan fingerprint density at radius 3 is 2.74 bits per heavy atom. The number of anilines is 2. The number of carbonyl (C=O) groups excluding carboxylic acids is 1. The van der Waals surface area contributed by atoms with E-state index in [0.717, 1.165) is 18.9 Å². The van der Waals surface area contributed by atoms with Crippen molar-refractivity contribution in [3.63, 3.8) is 0 Å². The van der Waals surface area contributed by atoms with E-state index in [0.29, 0.717) is 37.9 Å². The number of halogens is 1. The average Bonchev–Trinajstić information content (AvgIpc) is 2.72. The van der Waals surface area contributed by atoms with Crippen LogP contribution in [0.25, 0.3) is 0 Å². The second kappa shape index (κ2) is 9.67. The van der Waals surface area contributed by atoms with Crippen molar-refractivity contribution in [3.05, 3.63) is 42.5 Å². The predicted octanol–water partition coefficient (Wildman–Crippen LogP) is 1.06. The molecule has 1 fully saturated rings. The highest BCUT2D eigenvalue weighted by atomic mass is 19.1. The van der Waals surface area contributed by atoms with Gasteiger partial charge in [0.05, 0.1) is 13.2 Å². The third-order valence-electron chi connectivity index (χ3n) is 3.92. The van der Waals surface area contributed by atoms with Crippen LogP contribution in [-0.2, 0) is 9.53 Å². The maximum absolute atomic E-state index is 12.8. The van der Waals surface area contributed by atoms with Crippen LogP contribution in [0.1, 0.15) is 0 Å². The van der Waals surface area contributed by atoms with E-state index in [2.05, 4.69) is 25.5 Å². The number of aromatic nitrogens is 2. The average molecular weight is 375 g/mol. The van der Waals surface area contributed by atoms with Crippen molar-refractivity contribution in [1.82, 2.24) is 15.3 Å². The number of ether oxygens (including phenoxy) is 2. The van der Waals surface area contributed by atoms with Crippen molar-refractivity contribution in [2.75, 3.05) is 56.2 Å². The lowest BCUT2D eigenvalue weighted by atomic mass is 10.3. The Morgan fingerprint density at radius 2 is 1.96 bits per heavy atom. The zero-order valence-corrected chi connectivity index (χ0v) is 14.9. The summed E-state index contributed by atoms with van der Waals surface area (Å²) in [6.07, 6.45) is 1.52. The van der Waals surface area contributed by atoms with E-state index in [-0.39, 0.29) is 18.3 Å². The highest BCUT2D eigenvalue weighted by Crippen LogP contribution is 2.15. The minimum atomic E-state index is -0.348. The van der Waals surface area contributed by atoms with Crippen LogP contribution in [-0.4, -0.2) is 61.9 Å². The van der Waals surface area contributed by atoms with Crippen molar-refractivity contribution in [1.29, 1.82) is 0 Å². The second-order valence-corrected chi connectivity index (χ2v) is 5.88. The van der Waals surface area contributed by atoms with E-state index in [4.69, 9.17) is 9.47 Å². The largest absolute Gasteiger partial charge is 0.484 e. The normalized spacial score (nSPS) is 13.9. The third-order valence-corrected chi connectivity index (χ3v) is 3.92. The van der Waals surface area contributed by atoms with Gasteiger partial charge in [-0.2, -0.15) is 0 Å². The molecular formula is C18H22FN5O3. The molecule has 0 spiro atoms. The molecule has 9 heteroatoms. The van der Waals surface area contributed by atoms with Crippen LogP contribution in [0.3, 0.4) is 0 Å². The highest BCUT2D eigenvalue weighted by Gasteiger charge is 2.12. The standard InChI is InChI=1S/C18H22FN5O3/c19-14-1-3-15(4-2-14)27-12-18(25)21-6-5-20-16-11-17(23-13-22-16)24-7-9-26-10-8-24/h1-4,11,13H,5-10,12H2,(H,21,25)(H,20,22,23). The maximum atomic E-state index is 12.8. The summed E-state index contributed by atoms with van der Waals surface area (Å²) in [6.45, 7) is 3.81. The molecule has 2 aromatic rings. The van der Waals surface area contributed by atoms with E-state index >= 15 is 0 Å². The van der Waals surface area contributed by atoms with Gasteiger partial charge < -0.3 is 25.0 Å². The molecular weight excluding hydrogens is 353 g/mol. The Kier molecular flexibility index (Phi) is 6.75. The van der Waals surface area contributed by atoms with Crippen molar-refractivity contribution in [2.24, 2.45) is 0 Å². The molecule has 1 aromatic carbocycles. The Morgan fingerprint density at radius 1 is 1.19 bits per heavy atom. The van der Waals surface area contributed by atoms with Gasteiger partial charge in [0.2, 0.25) is 0 Å². The number of hydrogen-bond donors (Lipinski definition) is 2. The van der Waals surface area contributed by atoms with E-state index in [1.54, 1.807) is 0 Å². The molecule has 2 heterocycles. The third kappa shape index (κ3) is 6.07. The summed E-state index contributed by atoms with van der Waals surface area (Å²) < 4.78 is 23.4. The summed E-state index contributed by atoms with van der Waals surface area (Å²) in [6, 6.07) is 7.40. The summed E-state index contributed by atoms with van der Waals surface area (Å²) in [5.41, 5.74) is 0. The van der Waals surface area contributed by atoms with Crippen LogP contribution in [0, 0.1) is 5.82 Å². The van der Waals surface area contributed by atoms with Gasteiger partial charge in [0.1, 0.15) is 29.5 Å². The van der Waals surface area contributed by atoms with Gasteiger partial charge in [-0.05, 0) is 24.3 Å². The Labute approximate surface area is 156 Å². The van der Waals surface area contributed by atoms with Crippen molar-refractivity contribution in [3.8, 4) is 5.75 Å². The molecule has 1 saturated heterocycles. The Balaban J connectivity index is 1.35. The molecule has 0 aliphatic carbocycles. The number of benzene rings is 1. The lowest BCUT2D eigenvalue weighted by Gasteiger charge is -2.27. The first-order valence-corrected chi connectivity index (χ1v) is 8.74. The van der Waals surface area contributed by atoms with Gasteiger partial charge >= 0.3 is 0 Å². The van der Waals surface area contributed by atoms with Gasteiger partial charge in [0, 0.05) is 32.2 Å². The molecule has 144 valence electrons. The summed E-state index contributed by atoms with van der Waals surface area (Å²) in [5.74, 6) is 1.40. The highest BCUT2D eigenvalue weighted by molar-refractivity contribution is 5.77. The number of morpholine rings is 1. The number of nitrogens with zero attached hydrogens (tertiary/aromatic N) is 3. The summed E-state index contributed by atoms with van der Waals surface area (Å²) in [4.78, 5) is 22.4. The molecule has 1 amide bonds. The number of hydrogen-bond acceptors (Lipinski definition) is 7. The lowest BCUT2D eigenvalue weighted by molar-refractivity contribution is -0.123. The van der Waals surface area contributed by atoms with Gasteiger partial charge in [0.15, 0.2) is 6.61 Å². The van der Waals surface area contributed by atoms with Crippen molar-refractivity contribution in [2.45, 2.75) is 0 Å². The van der Waals surface area contributed by atoms with Gasteiger partial charge in [-0.3, -0.25) is 4.79 Å². The van der Waals surface area contributed by atoms with Gasteiger partial charge in [-0.25, -0.2) is 14.4 Å². The molecule has 0 atom stereocenters. The van der Waals surface area contributed by atoms with Crippen LogP contribution in [0.15, 0.2) is 36.7 Å². The minimum Gasteiger partial charge on any atom is -0.484 e. The Hall–Kier alpha value is -2.94. The quantitative estimate of drug-likeness (QED) is 0.667. The molecule has 0 bridgehead atoms.